The maximum atomic E-state index is 9.89. The van der Waals surface area contributed by atoms with Crippen molar-refractivity contribution in [2.24, 2.45) is 4.99 Å². The second-order valence-corrected chi connectivity index (χ2v) is 6.08. The molecule has 132 valence electrons. The largest absolute Gasteiger partial charge is 0.457 e. The molecule has 0 heterocycles. The fourth-order valence-corrected chi connectivity index (χ4v) is 2.29. The number of aliphatic hydroxyl groups is 1. The van der Waals surface area contributed by atoms with Crippen LogP contribution in [0.4, 0.5) is 5.69 Å². The zero-order chi connectivity index (χ0) is 18.4. The predicted octanol–water partition coefficient (Wildman–Crippen LogP) is 4.93. The molecule has 0 fully saturated rings. The molecular formula is C21H26N2O2. The molecule has 0 spiro atoms. The second kappa shape index (κ2) is 8.49. The molecule has 2 aromatic rings. The highest BCUT2D eigenvalue weighted by atomic mass is 16.5. The first-order valence-corrected chi connectivity index (χ1v) is 8.38. The number of rotatable bonds is 7. The number of hydrogen-bond acceptors (Lipinski definition) is 3. The number of nitrogens with zero attached hydrogens (tertiary/aromatic N) is 2. The molecule has 0 aliphatic rings. The number of hydrogen-bond donors (Lipinski definition) is 1. The van der Waals surface area contributed by atoms with Gasteiger partial charge in [0.1, 0.15) is 11.5 Å². The molecular weight excluding hydrogens is 312 g/mol. The van der Waals surface area contributed by atoms with E-state index in [-0.39, 0.29) is 0 Å². The van der Waals surface area contributed by atoms with Gasteiger partial charge in [0, 0.05) is 13.6 Å². The van der Waals surface area contributed by atoms with Crippen LogP contribution in [0.1, 0.15) is 29.7 Å². The van der Waals surface area contributed by atoms with Crippen molar-refractivity contribution in [3.05, 3.63) is 65.7 Å². The second-order valence-electron chi connectivity index (χ2n) is 6.08. The average molecular weight is 338 g/mol. The monoisotopic (exact) mass is 338 g/mol. The van der Waals surface area contributed by atoms with Crippen LogP contribution in [0.5, 0.6) is 11.5 Å². The van der Waals surface area contributed by atoms with E-state index in [1.807, 2.05) is 68.5 Å². The van der Waals surface area contributed by atoms with Crippen LogP contribution in [0.3, 0.4) is 0 Å². The Bertz CT molecular complexity index is 768. The SMILES string of the molecule is C=CC(O)c1cccc(Oc2cc(C)c(N=CN(C)CC)cc2C)c1. The van der Waals surface area contributed by atoms with E-state index in [2.05, 4.69) is 18.5 Å². The molecule has 0 saturated carbocycles. The number of aliphatic imine (C=N–C) groups is 1. The Balaban J connectivity index is 2.25. The van der Waals surface area contributed by atoms with Crippen molar-refractivity contribution in [1.82, 2.24) is 4.90 Å². The minimum Gasteiger partial charge on any atom is -0.457 e. The van der Waals surface area contributed by atoms with Gasteiger partial charge < -0.3 is 14.7 Å². The zero-order valence-electron chi connectivity index (χ0n) is 15.4. The van der Waals surface area contributed by atoms with Gasteiger partial charge in [0.05, 0.1) is 18.1 Å². The highest BCUT2D eigenvalue weighted by Gasteiger charge is 2.08. The summed E-state index contributed by atoms with van der Waals surface area (Å²) in [6.07, 6.45) is 2.63. The van der Waals surface area contributed by atoms with Crippen molar-refractivity contribution >= 4 is 12.0 Å². The third kappa shape index (κ3) is 4.94. The van der Waals surface area contributed by atoms with Gasteiger partial charge in [0.15, 0.2) is 0 Å². The summed E-state index contributed by atoms with van der Waals surface area (Å²) in [5.74, 6) is 1.47. The first-order chi connectivity index (χ1) is 11.9. The van der Waals surface area contributed by atoms with E-state index in [9.17, 15) is 5.11 Å². The minimum atomic E-state index is -0.696. The molecule has 0 aliphatic carbocycles. The van der Waals surface area contributed by atoms with Crippen LogP contribution >= 0.6 is 0 Å². The van der Waals surface area contributed by atoms with Crippen LogP contribution in [0.15, 0.2) is 54.0 Å². The van der Waals surface area contributed by atoms with Gasteiger partial charge in [0.25, 0.3) is 0 Å². The van der Waals surface area contributed by atoms with Gasteiger partial charge in [-0.2, -0.15) is 0 Å². The van der Waals surface area contributed by atoms with Crippen LogP contribution in [0, 0.1) is 13.8 Å². The Morgan fingerprint density at radius 2 is 2.00 bits per heavy atom. The summed E-state index contributed by atoms with van der Waals surface area (Å²) in [6.45, 7) is 10.6. The predicted molar refractivity (Wildman–Crippen MR) is 104 cm³/mol. The Labute approximate surface area is 150 Å². The maximum Gasteiger partial charge on any atom is 0.130 e. The van der Waals surface area contributed by atoms with Crippen LogP contribution < -0.4 is 4.74 Å². The van der Waals surface area contributed by atoms with Crippen LogP contribution in [-0.2, 0) is 0 Å². The van der Waals surface area contributed by atoms with Crippen LogP contribution in [0.25, 0.3) is 0 Å². The normalized spacial score (nSPS) is 12.2. The Hall–Kier alpha value is -2.59. The lowest BCUT2D eigenvalue weighted by Crippen LogP contribution is -2.14. The van der Waals surface area contributed by atoms with Gasteiger partial charge in [-0.15, -0.1) is 6.58 Å². The van der Waals surface area contributed by atoms with Gasteiger partial charge in [-0.3, -0.25) is 0 Å². The molecule has 0 radical (unpaired) electrons. The number of ether oxygens (including phenoxy) is 1. The molecule has 1 N–H and O–H groups in total. The quantitative estimate of drug-likeness (QED) is 0.442. The van der Waals surface area contributed by atoms with E-state index in [1.165, 1.54) is 6.08 Å². The first-order valence-electron chi connectivity index (χ1n) is 8.38. The molecule has 0 aromatic heterocycles. The molecule has 2 aromatic carbocycles. The topological polar surface area (TPSA) is 45.1 Å². The molecule has 0 amide bonds. The van der Waals surface area contributed by atoms with Crippen molar-refractivity contribution in [1.29, 1.82) is 0 Å². The molecule has 4 nitrogen and oxygen atoms in total. The standard InChI is InChI=1S/C21H26N2O2/c1-6-20(24)17-9-8-10-18(13-17)25-21-12-15(3)19(11-16(21)4)22-14-23(5)7-2/h6,8-14,20,24H,1,7H2,2-5H3. The van der Waals surface area contributed by atoms with Gasteiger partial charge >= 0.3 is 0 Å². The number of aryl methyl sites for hydroxylation is 2. The van der Waals surface area contributed by atoms with Crippen molar-refractivity contribution in [3.8, 4) is 11.5 Å². The molecule has 2 rings (SSSR count). The van der Waals surface area contributed by atoms with Crippen LogP contribution in [-0.4, -0.2) is 29.9 Å². The van der Waals surface area contributed by atoms with E-state index < -0.39 is 6.10 Å². The average Bonchev–Trinajstić information content (AvgIpc) is 2.62. The van der Waals surface area contributed by atoms with Crippen molar-refractivity contribution < 1.29 is 9.84 Å². The van der Waals surface area contributed by atoms with Gasteiger partial charge in [0.2, 0.25) is 0 Å². The highest BCUT2D eigenvalue weighted by molar-refractivity contribution is 5.64. The maximum absolute atomic E-state index is 9.89. The lowest BCUT2D eigenvalue weighted by atomic mass is 10.1. The number of aliphatic hydroxyl groups excluding tert-OH is 1. The lowest BCUT2D eigenvalue weighted by molar-refractivity contribution is 0.228. The minimum absolute atomic E-state index is 0.683. The Kier molecular flexibility index (Phi) is 6.37. The van der Waals surface area contributed by atoms with Gasteiger partial charge in [-0.05, 0) is 61.7 Å². The van der Waals surface area contributed by atoms with E-state index in [0.29, 0.717) is 5.75 Å². The molecule has 4 heteroatoms. The molecule has 25 heavy (non-hydrogen) atoms. The van der Waals surface area contributed by atoms with Crippen LogP contribution in [0.2, 0.25) is 0 Å². The summed E-state index contributed by atoms with van der Waals surface area (Å²) < 4.78 is 6.02. The summed E-state index contributed by atoms with van der Waals surface area (Å²) in [7, 11) is 1.99. The highest BCUT2D eigenvalue weighted by Crippen LogP contribution is 2.32. The Morgan fingerprint density at radius 1 is 1.24 bits per heavy atom. The molecule has 0 bridgehead atoms. The van der Waals surface area contributed by atoms with Crippen molar-refractivity contribution in [2.75, 3.05) is 13.6 Å². The zero-order valence-corrected chi connectivity index (χ0v) is 15.4. The fraction of sp³-hybridized carbons (Fsp3) is 0.286. The molecule has 1 unspecified atom stereocenters. The van der Waals surface area contributed by atoms with E-state index in [1.54, 1.807) is 0 Å². The lowest BCUT2D eigenvalue weighted by Gasteiger charge is -2.14. The first kappa shape index (κ1) is 18.7. The summed E-state index contributed by atoms with van der Waals surface area (Å²) in [6, 6.07) is 11.4. The molecule has 0 saturated heterocycles. The van der Waals surface area contributed by atoms with Gasteiger partial charge in [-0.25, -0.2) is 4.99 Å². The third-order valence-electron chi connectivity index (χ3n) is 4.04. The smallest absolute Gasteiger partial charge is 0.130 e. The van der Waals surface area contributed by atoms with E-state index >= 15 is 0 Å². The molecule has 0 aliphatic heterocycles. The summed E-state index contributed by atoms with van der Waals surface area (Å²) >= 11 is 0. The fourth-order valence-electron chi connectivity index (χ4n) is 2.29. The summed E-state index contributed by atoms with van der Waals surface area (Å²) in [5.41, 5.74) is 3.74. The van der Waals surface area contributed by atoms with E-state index in [4.69, 9.17) is 4.74 Å². The van der Waals surface area contributed by atoms with Gasteiger partial charge in [-0.1, -0.05) is 18.2 Å². The summed E-state index contributed by atoms with van der Waals surface area (Å²) in [4.78, 5) is 6.56. The van der Waals surface area contributed by atoms with Crippen molar-refractivity contribution in [2.45, 2.75) is 26.9 Å². The third-order valence-corrected chi connectivity index (χ3v) is 4.04. The molecule has 1 atom stereocenters. The number of benzene rings is 2. The van der Waals surface area contributed by atoms with Crippen molar-refractivity contribution in [3.63, 3.8) is 0 Å². The Morgan fingerprint density at radius 3 is 2.68 bits per heavy atom. The van der Waals surface area contributed by atoms with E-state index in [0.717, 1.165) is 34.7 Å². The summed E-state index contributed by atoms with van der Waals surface area (Å²) in [5, 5.41) is 9.89.